The van der Waals surface area contributed by atoms with Crippen LogP contribution in [0.2, 0.25) is 0 Å². The molecule has 0 bridgehead atoms. The largest absolute Gasteiger partial charge is 0.372 e. The van der Waals surface area contributed by atoms with Gasteiger partial charge in [-0.3, -0.25) is 4.79 Å². The number of aromatic nitrogens is 2. The highest BCUT2D eigenvalue weighted by atomic mass is 32.2. The standard InChI is InChI=1S/C13H14N4OS/c1-14-12-7-6-11(16-17-12)13(18)15-9-4-3-5-10(8-9)19-2/h3-8H,1-2H3,(H,14,17)(H,15,18). The van der Waals surface area contributed by atoms with Crippen LogP contribution in [0.3, 0.4) is 0 Å². The maximum absolute atomic E-state index is 12.0. The zero-order valence-corrected chi connectivity index (χ0v) is 11.5. The minimum atomic E-state index is -0.270. The number of rotatable bonds is 4. The Morgan fingerprint density at radius 3 is 2.68 bits per heavy atom. The maximum Gasteiger partial charge on any atom is 0.276 e. The highest BCUT2D eigenvalue weighted by Gasteiger charge is 2.08. The molecule has 6 heteroatoms. The first-order valence-corrected chi connectivity index (χ1v) is 6.92. The van der Waals surface area contributed by atoms with Gasteiger partial charge >= 0.3 is 0 Å². The van der Waals surface area contributed by atoms with E-state index in [4.69, 9.17) is 0 Å². The molecule has 0 unspecified atom stereocenters. The summed E-state index contributed by atoms with van der Waals surface area (Å²) in [5.74, 6) is 0.356. The summed E-state index contributed by atoms with van der Waals surface area (Å²) in [6, 6.07) is 11.0. The van der Waals surface area contributed by atoms with E-state index in [-0.39, 0.29) is 11.6 Å². The predicted molar refractivity (Wildman–Crippen MR) is 77.8 cm³/mol. The topological polar surface area (TPSA) is 66.9 Å². The Balaban J connectivity index is 2.11. The molecule has 1 aromatic carbocycles. The minimum Gasteiger partial charge on any atom is -0.372 e. The number of thioether (sulfide) groups is 1. The molecule has 2 N–H and O–H groups in total. The third-order valence-corrected chi connectivity index (χ3v) is 3.21. The van der Waals surface area contributed by atoms with E-state index in [2.05, 4.69) is 20.8 Å². The summed E-state index contributed by atoms with van der Waals surface area (Å²) in [5.41, 5.74) is 1.03. The van der Waals surface area contributed by atoms with Crippen molar-refractivity contribution in [3.05, 3.63) is 42.1 Å². The molecular formula is C13H14N4OS. The lowest BCUT2D eigenvalue weighted by atomic mass is 10.3. The fourth-order valence-electron chi connectivity index (χ4n) is 1.48. The first kappa shape index (κ1) is 13.4. The van der Waals surface area contributed by atoms with Crippen molar-refractivity contribution < 1.29 is 4.79 Å². The molecule has 0 radical (unpaired) electrons. The van der Waals surface area contributed by atoms with Crippen LogP contribution in [0.25, 0.3) is 0 Å². The van der Waals surface area contributed by atoms with Gasteiger partial charge in [0.15, 0.2) is 5.69 Å². The van der Waals surface area contributed by atoms with Crippen molar-refractivity contribution in [1.29, 1.82) is 0 Å². The van der Waals surface area contributed by atoms with Crippen LogP contribution in [0, 0.1) is 0 Å². The molecule has 0 aliphatic carbocycles. The van der Waals surface area contributed by atoms with Gasteiger partial charge < -0.3 is 10.6 Å². The van der Waals surface area contributed by atoms with Gasteiger partial charge in [-0.1, -0.05) is 6.07 Å². The van der Waals surface area contributed by atoms with Gasteiger partial charge in [-0.05, 0) is 36.6 Å². The van der Waals surface area contributed by atoms with Crippen molar-refractivity contribution in [2.24, 2.45) is 0 Å². The Bertz CT molecular complexity index is 571. The highest BCUT2D eigenvalue weighted by molar-refractivity contribution is 7.98. The van der Waals surface area contributed by atoms with Crippen LogP contribution in [-0.4, -0.2) is 29.4 Å². The first-order valence-electron chi connectivity index (χ1n) is 5.70. The molecule has 0 saturated carbocycles. The molecule has 19 heavy (non-hydrogen) atoms. The Kier molecular flexibility index (Phi) is 4.35. The molecule has 0 fully saturated rings. The van der Waals surface area contributed by atoms with Crippen molar-refractivity contribution in [3.63, 3.8) is 0 Å². The zero-order valence-electron chi connectivity index (χ0n) is 10.7. The maximum atomic E-state index is 12.0. The van der Waals surface area contributed by atoms with Gasteiger partial charge in [0.25, 0.3) is 5.91 Å². The molecule has 1 aromatic heterocycles. The number of amides is 1. The van der Waals surface area contributed by atoms with Gasteiger partial charge in [-0.15, -0.1) is 22.0 Å². The van der Waals surface area contributed by atoms with Crippen molar-refractivity contribution >= 4 is 29.2 Å². The SMILES string of the molecule is CNc1ccc(C(=O)Nc2cccc(SC)c2)nn1. The van der Waals surface area contributed by atoms with Crippen LogP contribution < -0.4 is 10.6 Å². The molecule has 0 aliphatic heterocycles. The van der Waals surface area contributed by atoms with E-state index in [0.717, 1.165) is 10.6 Å². The third kappa shape index (κ3) is 3.45. The lowest BCUT2D eigenvalue weighted by Crippen LogP contribution is -2.14. The van der Waals surface area contributed by atoms with Gasteiger partial charge in [0, 0.05) is 17.6 Å². The molecular weight excluding hydrogens is 260 g/mol. The number of carbonyl (C=O) groups excluding carboxylic acids is 1. The second kappa shape index (κ2) is 6.19. The van der Waals surface area contributed by atoms with E-state index in [1.807, 2.05) is 30.5 Å². The number of nitrogens with one attached hydrogen (secondary N) is 2. The van der Waals surface area contributed by atoms with Crippen LogP contribution >= 0.6 is 11.8 Å². The number of carbonyl (C=O) groups is 1. The number of hydrogen-bond donors (Lipinski definition) is 2. The number of hydrogen-bond acceptors (Lipinski definition) is 5. The molecule has 0 saturated heterocycles. The first-order chi connectivity index (χ1) is 9.22. The zero-order chi connectivity index (χ0) is 13.7. The molecule has 1 heterocycles. The average molecular weight is 274 g/mol. The Morgan fingerprint density at radius 2 is 2.05 bits per heavy atom. The number of nitrogens with zero attached hydrogens (tertiary/aromatic N) is 2. The predicted octanol–water partition coefficient (Wildman–Crippen LogP) is 2.49. The van der Waals surface area contributed by atoms with Crippen LogP contribution in [0.5, 0.6) is 0 Å². The molecule has 2 aromatic rings. The molecule has 5 nitrogen and oxygen atoms in total. The molecule has 0 atom stereocenters. The molecule has 98 valence electrons. The molecule has 1 amide bonds. The lowest BCUT2D eigenvalue weighted by molar-refractivity contribution is 0.102. The van der Waals surface area contributed by atoms with E-state index in [1.165, 1.54) is 0 Å². The summed E-state index contributed by atoms with van der Waals surface area (Å²) in [5, 5.41) is 13.4. The van der Waals surface area contributed by atoms with Crippen molar-refractivity contribution in [2.45, 2.75) is 4.90 Å². The van der Waals surface area contributed by atoms with Crippen molar-refractivity contribution in [1.82, 2.24) is 10.2 Å². The second-order valence-electron chi connectivity index (χ2n) is 3.74. The number of anilines is 2. The summed E-state index contributed by atoms with van der Waals surface area (Å²) in [6.45, 7) is 0. The number of benzene rings is 1. The van der Waals surface area contributed by atoms with Crippen molar-refractivity contribution in [2.75, 3.05) is 23.9 Å². The molecule has 0 aliphatic rings. The van der Waals surface area contributed by atoms with E-state index in [0.29, 0.717) is 5.82 Å². The Labute approximate surface area is 115 Å². The van der Waals surface area contributed by atoms with E-state index in [9.17, 15) is 4.79 Å². The Hall–Kier alpha value is -2.08. The van der Waals surface area contributed by atoms with E-state index in [1.54, 1.807) is 30.9 Å². The third-order valence-electron chi connectivity index (χ3n) is 2.48. The summed E-state index contributed by atoms with van der Waals surface area (Å²) < 4.78 is 0. The van der Waals surface area contributed by atoms with Gasteiger partial charge in [0.1, 0.15) is 5.82 Å². The normalized spacial score (nSPS) is 10.0. The minimum absolute atomic E-state index is 0.270. The van der Waals surface area contributed by atoms with Crippen LogP contribution in [0.4, 0.5) is 11.5 Å². The summed E-state index contributed by atoms with van der Waals surface area (Å²) in [7, 11) is 1.75. The van der Waals surface area contributed by atoms with Gasteiger partial charge in [0.05, 0.1) is 0 Å². The van der Waals surface area contributed by atoms with E-state index >= 15 is 0 Å². The van der Waals surface area contributed by atoms with Crippen molar-refractivity contribution in [3.8, 4) is 0 Å². The monoisotopic (exact) mass is 274 g/mol. The average Bonchev–Trinajstić information content (AvgIpc) is 2.47. The fourth-order valence-corrected chi connectivity index (χ4v) is 1.94. The summed E-state index contributed by atoms with van der Waals surface area (Å²) in [6.07, 6.45) is 1.99. The quantitative estimate of drug-likeness (QED) is 0.838. The lowest BCUT2D eigenvalue weighted by Gasteiger charge is -2.06. The van der Waals surface area contributed by atoms with Gasteiger partial charge in [0.2, 0.25) is 0 Å². The van der Waals surface area contributed by atoms with Gasteiger partial charge in [-0.25, -0.2) is 0 Å². The second-order valence-corrected chi connectivity index (χ2v) is 4.62. The smallest absolute Gasteiger partial charge is 0.276 e. The molecule has 0 spiro atoms. The fraction of sp³-hybridized carbons (Fsp3) is 0.154. The summed E-state index contributed by atoms with van der Waals surface area (Å²) in [4.78, 5) is 13.1. The molecule has 2 rings (SSSR count). The van der Waals surface area contributed by atoms with Crippen LogP contribution in [0.1, 0.15) is 10.5 Å². The van der Waals surface area contributed by atoms with E-state index < -0.39 is 0 Å². The summed E-state index contributed by atoms with van der Waals surface area (Å²) >= 11 is 1.62. The Morgan fingerprint density at radius 1 is 1.21 bits per heavy atom. The van der Waals surface area contributed by atoms with Crippen LogP contribution in [0.15, 0.2) is 41.3 Å². The van der Waals surface area contributed by atoms with Crippen LogP contribution in [-0.2, 0) is 0 Å². The highest BCUT2D eigenvalue weighted by Crippen LogP contribution is 2.19. The van der Waals surface area contributed by atoms with Gasteiger partial charge in [-0.2, -0.15) is 0 Å².